The van der Waals surface area contributed by atoms with Crippen LogP contribution < -0.4 is 10.1 Å². The number of nitrogens with one attached hydrogen (secondary N) is 1. The second-order valence-corrected chi connectivity index (χ2v) is 7.65. The third-order valence-corrected chi connectivity index (χ3v) is 5.59. The van der Waals surface area contributed by atoms with Crippen molar-refractivity contribution in [2.45, 2.75) is 44.4 Å². The maximum absolute atomic E-state index is 11.3. The van der Waals surface area contributed by atoms with Crippen LogP contribution in [0, 0.1) is 11.8 Å². The van der Waals surface area contributed by atoms with Gasteiger partial charge in [-0.05, 0) is 78.5 Å². The van der Waals surface area contributed by atoms with Gasteiger partial charge in [0.15, 0.2) is 0 Å². The number of benzene rings is 2. The summed E-state index contributed by atoms with van der Waals surface area (Å²) < 4.78 is 5.82. The summed E-state index contributed by atoms with van der Waals surface area (Å²) in [5, 5.41) is 20.7. The number of carbonyl (C=O) groups is 1. The minimum Gasteiger partial charge on any atom is -0.493 e. The minimum absolute atomic E-state index is 0.121. The molecule has 2 aromatic rings. The molecule has 2 aromatic carbocycles. The van der Waals surface area contributed by atoms with Crippen LogP contribution in [0.3, 0.4) is 0 Å². The van der Waals surface area contributed by atoms with Crippen LogP contribution in [0.25, 0.3) is 0 Å². The van der Waals surface area contributed by atoms with Crippen LogP contribution in [0.15, 0.2) is 30.3 Å². The zero-order chi connectivity index (χ0) is 20.2. The predicted octanol–water partition coefficient (Wildman–Crippen LogP) is 4.11. The Balaban J connectivity index is 1.59. The molecule has 1 aliphatic carbocycles. The summed E-state index contributed by atoms with van der Waals surface area (Å²) in [7, 11) is 0. The molecule has 3 N–H and O–H groups in total. The molecule has 5 nitrogen and oxygen atoms in total. The van der Waals surface area contributed by atoms with Gasteiger partial charge in [0.1, 0.15) is 5.75 Å². The first-order valence-corrected chi connectivity index (χ1v) is 10.1. The zero-order valence-electron chi connectivity index (χ0n) is 16.3. The van der Waals surface area contributed by atoms with Crippen LogP contribution in [0.1, 0.15) is 53.0 Å². The molecule has 1 aliphatic heterocycles. The number of ether oxygens (including phenoxy) is 1. The van der Waals surface area contributed by atoms with Crippen molar-refractivity contribution >= 4 is 11.8 Å². The summed E-state index contributed by atoms with van der Waals surface area (Å²) >= 11 is 0. The quantitative estimate of drug-likeness (QED) is 0.541. The molecule has 1 amide bonds. The molecule has 2 aliphatic rings. The summed E-state index contributed by atoms with van der Waals surface area (Å²) in [6, 6.07) is 10.2. The smallest absolute Gasteiger partial charge is 0.409 e. The van der Waals surface area contributed by atoms with Gasteiger partial charge in [-0.15, -0.1) is 0 Å². The first kappa shape index (κ1) is 19.4. The van der Waals surface area contributed by atoms with Crippen LogP contribution >= 0.6 is 0 Å². The van der Waals surface area contributed by atoms with Gasteiger partial charge in [-0.2, -0.15) is 0 Å². The average Bonchev–Trinajstić information content (AvgIpc) is 3.11. The van der Waals surface area contributed by atoms with E-state index in [-0.39, 0.29) is 12.5 Å². The Kier molecular flexibility index (Phi) is 5.73. The van der Waals surface area contributed by atoms with E-state index in [4.69, 9.17) is 9.84 Å². The topological polar surface area (TPSA) is 78.8 Å². The van der Waals surface area contributed by atoms with Gasteiger partial charge in [-0.3, -0.25) is 5.32 Å². The summed E-state index contributed by atoms with van der Waals surface area (Å²) in [6.07, 6.45) is 4.08. The normalized spacial score (nSPS) is 16.8. The third-order valence-electron chi connectivity index (χ3n) is 5.59. The monoisotopic (exact) mass is 391 g/mol. The van der Waals surface area contributed by atoms with Gasteiger partial charge < -0.3 is 14.9 Å². The number of amides is 1. The van der Waals surface area contributed by atoms with E-state index < -0.39 is 6.09 Å². The Bertz CT molecular complexity index is 951. The Hall–Kier alpha value is -2.97. The number of fused-ring (bicyclic) bond motifs is 2. The highest BCUT2D eigenvalue weighted by atomic mass is 16.5. The third kappa shape index (κ3) is 4.38. The van der Waals surface area contributed by atoms with Gasteiger partial charge in [0.05, 0.1) is 6.61 Å². The highest BCUT2D eigenvalue weighted by Crippen LogP contribution is 2.41. The van der Waals surface area contributed by atoms with Crippen LogP contribution in [0.4, 0.5) is 10.5 Å². The fraction of sp³-hybridized carbons (Fsp3) is 0.375. The fourth-order valence-corrected chi connectivity index (χ4v) is 4.24. The van der Waals surface area contributed by atoms with Gasteiger partial charge in [0.2, 0.25) is 0 Å². The van der Waals surface area contributed by atoms with Crippen molar-refractivity contribution in [3.63, 3.8) is 0 Å². The molecule has 1 heterocycles. The Morgan fingerprint density at radius 1 is 1.17 bits per heavy atom. The van der Waals surface area contributed by atoms with E-state index in [1.807, 2.05) is 18.2 Å². The van der Waals surface area contributed by atoms with E-state index in [2.05, 4.69) is 29.3 Å². The summed E-state index contributed by atoms with van der Waals surface area (Å²) in [5.41, 5.74) is 6.30. The lowest BCUT2D eigenvalue weighted by Crippen LogP contribution is -2.12. The van der Waals surface area contributed by atoms with Crippen LogP contribution in [0.2, 0.25) is 0 Å². The first-order valence-electron chi connectivity index (χ1n) is 10.1. The van der Waals surface area contributed by atoms with Crippen molar-refractivity contribution in [1.29, 1.82) is 0 Å². The highest BCUT2D eigenvalue weighted by molar-refractivity contribution is 5.84. The maximum atomic E-state index is 11.3. The highest BCUT2D eigenvalue weighted by Gasteiger charge is 2.27. The fourth-order valence-electron chi connectivity index (χ4n) is 4.24. The number of anilines is 1. The number of rotatable bonds is 4. The molecule has 29 heavy (non-hydrogen) atoms. The van der Waals surface area contributed by atoms with E-state index in [1.165, 1.54) is 16.7 Å². The molecule has 1 atom stereocenters. The molecule has 1 unspecified atom stereocenters. The van der Waals surface area contributed by atoms with Gasteiger partial charge in [-0.25, -0.2) is 4.79 Å². The molecule has 0 spiro atoms. The van der Waals surface area contributed by atoms with E-state index in [0.717, 1.165) is 49.2 Å². The summed E-state index contributed by atoms with van der Waals surface area (Å²) in [6.45, 7) is 0.902. The van der Waals surface area contributed by atoms with Gasteiger partial charge >= 0.3 is 6.09 Å². The largest absolute Gasteiger partial charge is 0.493 e. The first-order chi connectivity index (χ1) is 14.1. The SMILES string of the molecule is O=C(O)Nc1cc(C#CCCCO)ccc1C1Cc2cc3c(cc2C1)OCCC3. The van der Waals surface area contributed by atoms with E-state index in [9.17, 15) is 9.90 Å². The average molecular weight is 391 g/mol. The molecule has 0 fully saturated rings. The number of aryl methyl sites for hydroxylation is 1. The van der Waals surface area contributed by atoms with Crippen molar-refractivity contribution in [3.8, 4) is 17.6 Å². The van der Waals surface area contributed by atoms with Gasteiger partial charge in [-0.1, -0.05) is 24.0 Å². The lowest BCUT2D eigenvalue weighted by molar-refractivity contribution is 0.209. The van der Waals surface area contributed by atoms with Crippen molar-refractivity contribution in [2.75, 3.05) is 18.5 Å². The zero-order valence-corrected chi connectivity index (χ0v) is 16.3. The lowest BCUT2D eigenvalue weighted by Gasteiger charge is -2.18. The molecule has 4 rings (SSSR count). The van der Waals surface area contributed by atoms with Crippen LogP contribution in [-0.4, -0.2) is 29.5 Å². The number of carboxylic acid groups (broad SMARTS) is 1. The van der Waals surface area contributed by atoms with Crippen molar-refractivity contribution in [3.05, 3.63) is 58.1 Å². The number of hydrogen-bond donors (Lipinski definition) is 3. The van der Waals surface area contributed by atoms with Gasteiger partial charge in [0, 0.05) is 24.3 Å². The minimum atomic E-state index is -1.07. The second-order valence-electron chi connectivity index (χ2n) is 7.65. The molecule has 0 saturated heterocycles. The van der Waals surface area contributed by atoms with Crippen molar-refractivity contribution < 1.29 is 19.7 Å². The standard InChI is InChI=1S/C24H25NO4/c26-9-3-1-2-5-16-7-8-21(22(11-16)25-24(27)28)20-13-18-12-17-6-4-10-29-23(17)15-19(18)14-20/h7-8,11-12,15,20,25-26H,1,3-4,6,9-10,13-14H2,(H,27,28). The maximum Gasteiger partial charge on any atom is 0.409 e. The number of unbranched alkanes of at least 4 members (excludes halogenated alkanes) is 1. The number of aliphatic hydroxyl groups excluding tert-OH is 1. The van der Waals surface area contributed by atoms with E-state index >= 15 is 0 Å². The van der Waals surface area contributed by atoms with Crippen molar-refractivity contribution in [1.82, 2.24) is 0 Å². The molecule has 0 aromatic heterocycles. The molecular weight excluding hydrogens is 366 g/mol. The van der Waals surface area contributed by atoms with Crippen LogP contribution in [0.5, 0.6) is 5.75 Å². The van der Waals surface area contributed by atoms with E-state index in [0.29, 0.717) is 18.5 Å². The number of aliphatic hydroxyl groups is 1. The molecular formula is C24H25NO4. The number of hydrogen-bond acceptors (Lipinski definition) is 3. The molecule has 5 heteroatoms. The molecule has 0 bridgehead atoms. The van der Waals surface area contributed by atoms with Crippen molar-refractivity contribution in [2.24, 2.45) is 0 Å². The lowest BCUT2D eigenvalue weighted by atomic mass is 9.93. The van der Waals surface area contributed by atoms with E-state index in [1.54, 1.807) is 0 Å². The summed E-state index contributed by atoms with van der Waals surface area (Å²) in [5.74, 6) is 7.31. The second kappa shape index (κ2) is 8.59. The molecule has 150 valence electrons. The Labute approximate surface area is 170 Å². The summed E-state index contributed by atoms with van der Waals surface area (Å²) in [4.78, 5) is 11.3. The van der Waals surface area contributed by atoms with Gasteiger partial charge in [0.25, 0.3) is 0 Å². The molecule has 0 saturated carbocycles. The van der Waals surface area contributed by atoms with Crippen LogP contribution in [-0.2, 0) is 19.3 Å². The predicted molar refractivity (Wildman–Crippen MR) is 112 cm³/mol. The Morgan fingerprint density at radius 2 is 2.00 bits per heavy atom. The molecule has 0 radical (unpaired) electrons. The Morgan fingerprint density at radius 3 is 2.79 bits per heavy atom.